The molecule has 1 aromatic rings. The third-order valence-electron chi connectivity index (χ3n) is 2.58. The maximum absolute atomic E-state index is 11.8. The number of aliphatic hydroxyl groups excluding tert-OH is 1. The van der Waals surface area contributed by atoms with Crippen molar-refractivity contribution < 1.29 is 9.90 Å². The number of hydrogen-bond acceptors (Lipinski definition) is 3. The van der Waals surface area contributed by atoms with Crippen LogP contribution in [-0.2, 0) is 6.42 Å². The molecule has 1 atom stereocenters. The molecule has 0 aliphatic rings. The van der Waals surface area contributed by atoms with Crippen LogP contribution in [0, 0.1) is 5.92 Å². The highest BCUT2D eigenvalue weighted by atomic mass is 16.3. The van der Waals surface area contributed by atoms with Crippen LogP contribution >= 0.6 is 0 Å². The maximum Gasteiger partial charge on any atom is 0.192 e. The van der Waals surface area contributed by atoms with E-state index in [0.29, 0.717) is 11.5 Å². The molecule has 17 heavy (non-hydrogen) atoms. The largest absolute Gasteiger partial charge is 0.384 e. The van der Waals surface area contributed by atoms with E-state index in [-0.39, 0.29) is 12.3 Å². The van der Waals surface area contributed by atoms with Crippen LogP contribution in [0.5, 0.6) is 0 Å². The van der Waals surface area contributed by atoms with Crippen molar-refractivity contribution in [3.63, 3.8) is 0 Å². The van der Waals surface area contributed by atoms with E-state index in [0.717, 1.165) is 6.42 Å². The van der Waals surface area contributed by atoms with Crippen molar-refractivity contribution in [3.8, 4) is 0 Å². The summed E-state index contributed by atoms with van der Waals surface area (Å²) in [6.07, 6.45) is 0.0454. The van der Waals surface area contributed by atoms with Gasteiger partial charge in [0.1, 0.15) is 6.10 Å². The number of aliphatic hydroxyl groups is 1. The summed E-state index contributed by atoms with van der Waals surface area (Å²) < 4.78 is 0. The first kappa shape index (κ1) is 13.9. The molecule has 1 aromatic carbocycles. The van der Waals surface area contributed by atoms with Crippen LogP contribution in [0.15, 0.2) is 24.3 Å². The molecule has 0 amide bonds. The maximum atomic E-state index is 11.8. The molecule has 0 aromatic heterocycles. The first-order valence-electron chi connectivity index (χ1n) is 6.00. The average Bonchev–Trinajstić information content (AvgIpc) is 2.28. The Hall–Kier alpha value is -1.19. The number of Topliss-reactive ketones (excluding diaryl/α,β-unsaturated/α-hetero) is 1. The first-order valence-corrected chi connectivity index (χ1v) is 6.00. The number of hydrogen-bond donors (Lipinski definition) is 2. The molecule has 0 aliphatic carbocycles. The topological polar surface area (TPSA) is 49.3 Å². The molecule has 0 aliphatic heterocycles. The second-order valence-electron chi connectivity index (χ2n) is 4.73. The minimum Gasteiger partial charge on any atom is -0.384 e. The number of nitrogens with one attached hydrogen (secondary N) is 1. The molecular formula is C14H21NO2. The fraction of sp³-hybridized carbons (Fsp3) is 0.500. The van der Waals surface area contributed by atoms with Gasteiger partial charge >= 0.3 is 0 Å². The molecule has 3 heteroatoms. The number of carbonyl (C=O) groups excluding carboxylic acids is 1. The highest BCUT2D eigenvalue weighted by molar-refractivity contribution is 5.99. The van der Waals surface area contributed by atoms with Crippen LogP contribution < -0.4 is 5.32 Å². The highest BCUT2D eigenvalue weighted by Gasteiger charge is 2.15. The molecular weight excluding hydrogens is 214 g/mol. The fourth-order valence-corrected chi connectivity index (χ4v) is 1.75. The van der Waals surface area contributed by atoms with Crippen LogP contribution in [0.25, 0.3) is 0 Å². The average molecular weight is 235 g/mol. The molecule has 0 fully saturated rings. The summed E-state index contributed by atoms with van der Waals surface area (Å²) in [4.78, 5) is 11.8. The standard InChI is InChI=1S/C14H21NO2/c1-10(2)8-11-4-6-12(7-5-11)14(17)13(16)9-15-3/h4-7,10,13,15-16H,8-9H2,1-3H3. The SMILES string of the molecule is CNCC(O)C(=O)c1ccc(CC(C)C)cc1. The zero-order valence-corrected chi connectivity index (χ0v) is 10.7. The van der Waals surface area contributed by atoms with Gasteiger partial charge in [-0.1, -0.05) is 38.1 Å². The Balaban J connectivity index is 2.70. The molecule has 3 nitrogen and oxygen atoms in total. The Kier molecular flexibility index (Phi) is 5.32. The van der Waals surface area contributed by atoms with E-state index >= 15 is 0 Å². The smallest absolute Gasteiger partial charge is 0.192 e. The third-order valence-corrected chi connectivity index (χ3v) is 2.58. The normalized spacial score (nSPS) is 12.8. The van der Waals surface area contributed by atoms with Crippen LogP contribution in [-0.4, -0.2) is 30.6 Å². The van der Waals surface area contributed by atoms with Crippen molar-refractivity contribution in [2.45, 2.75) is 26.4 Å². The summed E-state index contributed by atoms with van der Waals surface area (Å²) in [6.45, 7) is 4.61. The predicted molar refractivity (Wildman–Crippen MR) is 69.2 cm³/mol. The van der Waals surface area contributed by atoms with E-state index in [4.69, 9.17) is 0 Å². The first-order chi connectivity index (χ1) is 8.04. The van der Waals surface area contributed by atoms with E-state index in [9.17, 15) is 9.90 Å². The van der Waals surface area contributed by atoms with Gasteiger partial charge in [0, 0.05) is 12.1 Å². The van der Waals surface area contributed by atoms with Gasteiger partial charge in [-0.3, -0.25) is 4.79 Å². The Morgan fingerprint density at radius 1 is 1.29 bits per heavy atom. The van der Waals surface area contributed by atoms with Gasteiger partial charge in [0.2, 0.25) is 0 Å². The second kappa shape index (κ2) is 6.52. The lowest BCUT2D eigenvalue weighted by Gasteiger charge is -2.10. The molecule has 0 heterocycles. The summed E-state index contributed by atoms with van der Waals surface area (Å²) in [7, 11) is 1.71. The Labute approximate surface area is 103 Å². The predicted octanol–water partition coefficient (Wildman–Crippen LogP) is 1.65. The van der Waals surface area contributed by atoms with Crippen LogP contribution in [0.3, 0.4) is 0 Å². The molecule has 94 valence electrons. The summed E-state index contributed by atoms with van der Waals surface area (Å²) >= 11 is 0. The van der Waals surface area contributed by atoms with Gasteiger partial charge in [0.15, 0.2) is 5.78 Å². The van der Waals surface area contributed by atoms with E-state index in [1.54, 1.807) is 19.2 Å². The molecule has 2 N–H and O–H groups in total. The van der Waals surface area contributed by atoms with Gasteiger partial charge in [-0.2, -0.15) is 0 Å². The third kappa shape index (κ3) is 4.29. The van der Waals surface area contributed by atoms with Crippen molar-refractivity contribution in [2.75, 3.05) is 13.6 Å². The Morgan fingerprint density at radius 3 is 2.35 bits per heavy atom. The lowest BCUT2D eigenvalue weighted by Crippen LogP contribution is -2.31. The van der Waals surface area contributed by atoms with E-state index in [1.807, 2.05) is 12.1 Å². The van der Waals surface area contributed by atoms with Gasteiger partial charge < -0.3 is 10.4 Å². The monoisotopic (exact) mass is 235 g/mol. The van der Waals surface area contributed by atoms with Crippen LogP contribution in [0.4, 0.5) is 0 Å². The highest BCUT2D eigenvalue weighted by Crippen LogP contribution is 2.11. The number of rotatable bonds is 6. The zero-order chi connectivity index (χ0) is 12.8. The fourth-order valence-electron chi connectivity index (χ4n) is 1.75. The van der Waals surface area contributed by atoms with E-state index < -0.39 is 6.10 Å². The lowest BCUT2D eigenvalue weighted by atomic mass is 9.99. The zero-order valence-electron chi connectivity index (χ0n) is 10.7. The summed E-state index contributed by atoms with van der Waals surface area (Å²) in [5.74, 6) is 0.377. The number of likely N-dealkylation sites (N-methyl/N-ethyl adjacent to an activating group) is 1. The van der Waals surface area contributed by atoms with Gasteiger partial charge in [-0.15, -0.1) is 0 Å². The van der Waals surface area contributed by atoms with E-state index in [2.05, 4.69) is 19.2 Å². The Bertz CT molecular complexity index is 357. The summed E-state index contributed by atoms with van der Waals surface area (Å²) in [6, 6.07) is 7.50. The van der Waals surface area contributed by atoms with Gasteiger partial charge in [0.25, 0.3) is 0 Å². The van der Waals surface area contributed by atoms with Crippen molar-refractivity contribution in [2.24, 2.45) is 5.92 Å². The van der Waals surface area contributed by atoms with Crippen molar-refractivity contribution in [3.05, 3.63) is 35.4 Å². The molecule has 0 spiro atoms. The molecule has 0 saturated heterocycles. The number of benzene rings is 1. The van der Waals surface area contributed by atoms with Gasteiger partial charge in [-0.05, 0) is 24.9 Å². The molecule has 0 saturated carbocycles. The number of ketones is 1. The van der Waals surface area contributed by atoms with Crippen molar-refractivity contribution >= 4 is 5.78 Å². The van der Waals surface area contributed by atoms with Crippen LogP contribution in [0.2, 0.25) is 0 Å². The quantitative estimate of drug-likeness (QED) is 0.737. The summed E-state index contributed by atoms with van der Waals surface area (Å²) in [5, 5.41) is 12.4. The minimum absolute atomic E-state index is 0.226. The Morgan fingerprint density at radius 2 is 1.88 bits per heavy atom. The second-order valence-corrected chi connectivity index (χ2v) is 4.73. The van der Waals surface area contributed by atoms with Crippen LogP contribution in [0.1, 0.15) is 29.8 Å². The molecule has 0 radical (unpaired) electrons. The van der Waals surface area contributed by atoms with E-state index in [1.165, 1.54) is 5.56 Å². The lowest BCUT2D eigenvalue weighted by molar-refractivity contribution is 0.0750. The van der Waals surface area contributed by atoms with Crippen molar-refractivity contribution in [1.29, 1.82) is 0 Å². The van der Waals surface area contributed by atoms with Gasteiger partial charge in [-0.25, -0.2) is 0 Å². The number of carbonyl (C=O) groups is 1. The molecule has 1 unspecified atom stereocenters. The molecule has 1 rings (SSSR count). The molecule has 0 bridgehead atoms. The minimum atomic E-state index is -0.962. The van der Waals surface area contributed by atoms with Gasteiger partial charge in [0.05, 0.1) is 0 Å². The van der Waals surface area contributed by atoms with Crippen molar-refractivity contribution in [1.82, 2.24) is 5.32 Å². The summed E-state index contributed by atoms with van der Waals surface area (Å²) in [5.41, 5.74) is 1.79.